The number of aliphatic imine (C=N–C) groups is 1. The summed E-state index contributed by atoms with van der Waals surface area (Å²) in [5, 5.41) is 3.33. The quantitative estimate of drug-likeness (QED) is 0.381. The maximum Gasteiger partial charge on any atom is 0.256 e. The van der Waals surface area contributed by atoms with Gasteiger partial charge in [0.25, 0.3) is 5.91 Å². The first-order valence-corrected chi connectivity index (χ1v) is 13.8. The molecule has 0 saturated heterocycles. The number of aldehydes is 1. The van der Waals surface area contributed by atoms with E-state index < -0.39 is 5.54 Å². The van der Waals surface area contributed by atoms with E-state index in [2.05, 4.69) is 45.2 Å². The molecule has 7 nitrogen and oxygen atoms in total. The van der Waals surface area contributed by atoms with Crippen LogP contribution >= 0.6 is 15.9 Å². The van der Waals surface area contributed by atoms with Crippen LogP contribution < -0.4 is 11.1 Å². The van der Waals surface area contributed by atoms with Crippen molar-refractivity contribution in [3.63, 3.8) is 0 Å². The molecule has 3 atom stereocenters. The second-order valence-corrected chi connectivity index (χ2v) is 11.3. The fraction of sp³-hybridized carbons (Fsp3) is 0.704. The number of carbonyl (C=O) groups is 2. The van der Waals surface area contributed by atoms with Crippen LogP contribution in [0.25, 0.3) is 0 Å². The summed E-state index contributed by atoms with van der Waals surface area (Å²) in [6, 6.07) is 4.12. The second kappa shape index (κ2) is 14.7. The van der Waals surface area contributed by atoms with Gasteiger partial charge in [-0.25, -0.2) is 9.98 Å². The lowest BCUT2D eigenvalue weighted by Crippen LogP contribution is -2.40. The van der Waals surface area contributed by atoms with Gasteiger partial charge < -0.3 is 11.1 Å². The Labute approximate surface area is 219 Å². The van der Waals surface area contributed by atoms with E-state index in [0.29, 0.717) is 16.1 Å². The van der Waals surface area contributed by atoms with Gasteiger partial charge in [-0.2, -0.15) is 0 Å². The topological polar surface area (TPSA) is 101 Å². The molecule has 1 aliphatic heterocycles. The van der Waals surface area contributed by atoms with E-state index in [9.17, 15) is 9.59 Å². The van der Waals surface area contributed by atoms with Gasteiger partial charge in [-0.1, -0.05) is 51.9 Å². The van der Waals surface area contributed by atoms with Crippen molar-refractivity contribution in [3.05, 3.63) is 28.5 Å². The Bertz CT molecular complexity index is 843. The SMILES string of the molecule is CN1C(=O)C(C)(CCC2CCCCC2)N=C1N.CN[C@@H]1CCCC(C)C1.O=Cc1ccnc(Br)c1. The van der Waals surface area contributed by atoms with Crippen molar-refractivity contribution in [3.8, 4) is 0 Å². The smallest absolute Gasteiger partial charge is 0.256 e. The molecule has 1 aromatic rings. The molecule has 0 bridgehead atoms. The molecule has 1 aromatic heterocycles. The molecule has 2 unspecified atom stereocenters. The number of likely N-dealkylation sites (N-methyl/N-ethyl adjacent to an activating group) is 1. The first-order valence-electron chi connectivity index (χ1n) is 13.1. The Hall–Kier alpha value is -1.80. The molecule has 3 N–H and O–H groups in total. The summed E-state index contributed by atoms with van der Waals surface area (Å²) in [4.78, 5) is 31.8. The van der Waals surface area contributed by atoms with Gasteiger partial charge in [0.15, 0.2) is 5.96 Å². The van der Waals surface area contributed by atoms with Crippen LogP contribution in [0, 0.1) is 11.8 Å². The summed E-state index contributed by atoms with van der Waals surface area (Å²) < 4.78 is 0.687. The van der Waals surface area contributed by atoms with Crippen molar-refractivity contribution < 1.29 is 9.59 Å². The second-order valence-electron chi connectivity index (χ2n) is 10.4. The number of amides is 1. The molecule has 0 aromatic carbocycles. The van der Waals surface area contributed by atoms with Crippen LogP contribution in [0.5, 0.6) is 0 Å². The molecule has 0 spiro atoms. The Morgan fingerprint density at radius 2 is 1.94 bits per heavy atom. The Balaban J connectivity index is 0.000000203. The zero-order valence-corrected chi connectivity index (χ0v) is 23.5. The predicted octanol–water partition coefficient (Wildman–Crippen LogP) is 5.33. The number of nitrogens with one attached hydrogen (secondary N) is 1. The Morgan fingerprint density at radius 1 is 1.23 bits per heavy atom. The fourth-order valence-electron chi connectivity index (χ4n) is 5.15. The number of aromatic nitrogens is 1. The summed E-state index contributed by atoms with van der Waals surface area (Å²) in [6.45, 7) is 4.26. The van der Waals surface area contributed by atoms with Crippen LogP contribution in [-0.2, 0) is 4.79 Å². The number of nitrogens with zero attached hydrogens (tertiary/aromatic N) is 3. The number of nitrogens with two attached hydrogens (primary N) is 1. The van der Waals surface area contributed by atoms with E-state index in [1.165, 1.54) is 62.7 Å². The Kier molecular flexibility index (Phi) is 12.3. The zero-order chi connectivity index (χ0) is 25.8. The lowest BCUT2D eigenvalue weighted by Gasteiger charge is -2.25. The van der Waals surface area contributed by atoms with Crippen molar-refractivity contribution in [2.24, 2.45) is 22.6 Å². The molecular weight excluding hydrogens is 506 g/mol. The molecule has 4 rings (SSSR count). The minimum atomic E-state index is -0.601. The highest BCUT2D eigenvalue weighted by atomic mass is 79.9. The van der Waals surface area contributed by atoms with Gasteiger partial charge >= 0.3 is 0 Å². The zero-order valence-electron chi connectivity index (χ0n) is 21.9. The number of guanidine groups is 1. The first kappa shape index (κ1) is 29.4. The van der Waals surface area contributed by atoms with Gasteiger partial charge in [-0.3, -0.25) is 14.5 Å². The highest BCUT2D eigenvalue weighted by molar-refractivity contribution is 9.10. The van der Waals surface area contributed by atoms with E-state index in [-0.39, 0.29) is 5.91 Å². The maximum atomic E-state index is 12.0. The van der Waals surface area contributed by atoms with Crippen molar-refractivity contribution >= 4 is 34.1 Å². The standard InChI is InChI=1S/C13H23N3O.C8H17N.C6H4BrNO/c1-13(11(17)16(2)12(14)15-13)9-8-10-6-4-3-5-7-10;1-7-4-3-5-8(6-7)9-2;7-6-3-5(4-9)1-2-8-6/h10H,3-9H2,1-2H3,(H2,14,15);7-9H,3-6H2,1-2H3;1-4H/t;7?,8-;/m.1./s1. The van der Waals surface area contributed by atoms with Crippen molar-refractivity contribution in [1.82, 2.24) is 15.2 Å². The van der Waals surface area contributed by atoms with Gasteiger partial charge in [0.1, 0.15) is 16.4 Å². The first-order chi connectivity index (χ1) is 16.7. The minimum Gasteiger partial charge on any atom is -0.369 e. The lowest BCUT2D eigenvalue weighted by atomic mass is 9.82. The molecule has 35 heavy (non-hydrogen) atoms. The highest BCUT2D eigenvalue weighted by Gasteiger charge is 2.42. The number of pyridine rings is 1. The highest BCUT2D eigenvalue weighted by Crippen LogP contribution is 2.33. The summed E-state index contributed by atoms with van der Waals surface area (Å²) in [5.41, 5.74) is 5.74. The third-order valence-electron chi connectivity index (χ3n) is 7.47. The number of halogens is 1. The minimum absolute atomic E-state index is 0.0470. The van der Waals surface area contributed by atoms with E-state index in [1.807, 2.05) is 6.92 Å². The van der Waals surface area contributed by atoms with E-state index in [0.717, 1.165) is 37.0 Å². The maximum absolute atomic E-state index is 12.0. The largest absolute Gasteiger partial charge is 0.369 e. The average Bonchev–Trinajstić information content (AvgIpc) is 3.06. The van der Waals surface area contributed by atoms with Crippen LogP contribution in [0.4, 0.5) is 0 Å². The summed E-state index contributed by atoms with van der Waals surface area (Å²) in [6.07, 6.45) is 16.7. The van der Waals surface area contributed by atoms with Crippen LogP contribution in [0.2, 0.25) is 0 Å². The lowest BCUT2D eigenvalue weighted by molar-refractivity contribution is -0.130. The third-order valence-corrected chi connectivity index (χ3v) is 7.90. The van der Waals surface area contributed by atoms with Gasteiger partial charge in [0, 0.05) is 24.8 Å². The predicted molar refractivity (Wildman–Crippen MR) is 146 cm³/mol. The third kappa shape index (κ3) is 9.64. The van der Waals surface area contributed by atoms with E-state index in [1.54, 1.807) is 25.4 Å². The average molecular weight is 551 g/mol. The summed E-state index contributed by atoms with van der Waals surface area (Å²) >= 11 is 3.13. The van der Waals surface area contributed by atoms with Crippen molar-refractivity contribution in [2.75, 3.05) is 14.1 Å². The number of rotatable bonds is 5. The number of carbonyl (C=O) groups excluding carboxylic acids is 2. The van der Waals surface area contributed by atoms with Gasteiger partial charge in [-0.15, -0.1) is 0 Å². The van der Waals surface area contributed by atoms with Crippen molar-refractivity contribution in [1.29, 1.82) is 0 Å². The normalized spacial score (nSPS) is 26.7. The molecule has 2 saturated carbocycles. The van der Waals surface area contributed by atoms with Crippen LogP contribution in [-0.4, -0.2) is 53.7 Å². The monoisotopic (exact) mass is 549 g/mol. The van der Waals surface area contributed by atoms with E-state index in [4.69, 9.17) is 5.73 Å². The Morgan fingerprint density at radius 3 is 2.43 bits per heavy atom. The molecule has 0 radical (unpaired) electrons. The number of hydrogen-bond acceptors (Lipinski definition) is 6. The van der Waals surface area contributed by atoms with Crippen LogP contribution in [0.15, 0.2) is 27.9 Å². The molecule has 1 amide bonds. The van der Waals surface area contributed by atoms with Crippen LogP contribution in [0.1, 0.15) is 94.8 Å². The molecule has 3 aliphatic rings. The molecule has 2 aliphatic carbocycles. The van der Waals surface area contributed by atoms with E-state index >= 15 is 0 Å². The van der Waals surface area contributed by atoms with Crippen LogP contribution in [0.3, 0.4) is 0 Å². The molecule has 2 fully saturated rings. The summed E-state index contributed by atoms with van der Waals surface area (Å²) in [7, 11) is 3.77. The molecule has 8 heteroatoms. The van der Waals surface area contributed by atoms with Gasteiger partial charge in [0.2, 0.25) is 0 Å². The summed E-state index contributed by atoms with van der Waals surface area (Å²) in [5.74, 6) is 2.15. The van der Waals surface area contributed by atoms with Crippen molar-refractivity contribution in [2.45, 2.75) is 96.1 Å². The van der Waals surface area contributed by atoms with Gasteiger partial charge in [0.05, 0.1) is 0 Å². The molecule has 196 valence electrons. The molecule has 2 heterocycles. The van der Waals surface area contributed by atoms with Gasteiger partial charge in [-0.05, 0) is 79.6 Å². The molecular formula is C27H44BrN5O2. The number of hydrogen-bond donors (Lipinski definition) is 2. The fourth-order valence-corrected chi connectivity index (χ4v) is 5.53.